The van der Waals surface area contributed by atoms with Crippen molar-refractivity contribution < 1.29 is 45.9 Å². The topological polar surface area (TPSA) is 208 Å². The van der Waals surface area contributed by atoms with E-state index >= 15 is 0 Å². The summed E-state index contributed by atoms with van der Waals surface area (Å²) in [5, 5.41) is 0. The first-order valence-corrected chi connectivity index (χ1v) is 13.9. The molecule has 6 heterocycles. The van der Waals surface area contributed by atoms with E-state index in [9.17, 15) is 0 Å². The van der Waals surface area contributed by atoms with Crippen molar-refractivity contribution in [1.82, 2.24) is 38.8 Å². The van der Waals surface area contributed by atoms with Crippen molar-refractivity contribution in [3.05, 3.63) is 55.0 Å². The zero-order valence-electron chi connectivity index (χ0n) is 15.8. The van der Waals surface area contributed by atoms with Gasteiger partial charge in [0.1, 0.15) is 0 Å². The number of halogens is 1. The van der Waals surface area contributed by atoms with Crippen molar-refractivity contribution in [1.29, 1.82) is 0 Å². The van der Waals surface area contributed by atoms with Gasteiger partial charge in [-0.2, -0.15) is 0 Å². The predicted octanol–water partition coefficient (Wildman–Crippen LogP) is -4.51. The number of rotatable bonds is 0. The van der Waals surface area contributed by atoms with Gasteiger partial charge in [0.15, 0.2) is 0 Å². The average Bonchev–Trinajstić information content (AvgIpc) is 3.53. The summed E-state index contributed by atoms with van der Waals surface area (Å²) in [6.45, 7) is 0. The molecule has 0 aliphatic rings. The zero-order chi connectivity index (χ0) is 22.8. The molecular formula is C15H9ClCuN9O4Se3. The second kappa shape index (κ2) is 14.0. The Morgan fingerprint density at radius 2 is 0.788 bits per heavy atom. The van der Waals surface area contributed by atoms with Gasteiger partial charge in [-0.05, 0) is 0 Å². The second-order valence-corrected chi connectivity index (χ2v) is 9.29. The zero-order valence-corrected chi connectivity index (χ0v) is 22.6. The molecule has 0 fully saturated rings. The summed E-state index contributed by atoms with van der Waals surface area (Å²) >= 11 is 0.198. The van der Waals surface area contributed by atoms with E-state index in [2.05, 4.69) is 38.8 Å². The van der Waals surface area contributed by atoms with Gasteiger partial charge in [-0.3, -0.25) is 0 Å². The standard InChI is InChI=1S/3C5H3N3Se.ClHO4.Cu/c3*1-2-4-5(6-3-1)8-9-7-4;2-1(3,4)5;/h3*1-3H;(H,2,3,4,5);/q;;;;+1/p-1. The molecule has 6 aromatic heterocycles. The van der Waals surface area contributed by atoms with Crippen LogP contribution in [-0.4, -0.2) is 83.7 Å². The van der Waals surface area contributed by atoms with E-state index in [1.54, 1.807) is 18.6 Å². The van der Waals surface area contributed by atoms with Crippen LogP contribution in [0.5, 0.6) is 0 Å². The van der Waals surface area contributed by atoms with Crippen molar-refractivity contribution in [3.8, 4) is 0 Å². The van der Waals surface area contributed by atoms with Crippen molar-refractivity contribution in [3.63, 3.8) is 0 Å². The van der Waals surface area contributed by atoms with Crippen LogP contribution in [0.15, 0.2) is 55.0 Å². The molecule has 0 aromatic carbocycles. The molecule has 0 amide bonds. The van der Waals surface area contributed by atoms with Gasteiger partial charge < -0.3 is 0 Å². The number of pyridine rings is 3. The van der Waals surface area contributed by atoms with Crippen LogP contribution >= 0.6 is 0 Å². The summed E-state index contributed by atoms with van der Waals surface area (Å²) in [6, 6.07) is 11.4. The molecule has 0 N–H and O–H groups in total. The maximum atomic E-state index is 8.49. The molecule has 0 bridgehead atoms. The SMILES string of the molecule is [Cu+].[O-][Cl+3]([O-])([O-])[O-].c1cnc2n[se]nc2c1.c1cnc2n[se]nc2c1.c1cnc2n[se]nc2c1. The fourth-order valence-electron chi connectivity index (χ4n) is 1.90. The molecule has 0 saturated carbocycles. The molecule has 0 saturated heterocycles. The molecule has 6 rings (SSSR count). The molecule has 174 valence electrons. The van der Waals surface area contributed by atoms with Crippen molar-refractivity contribution in [2.24, 2.45) is 0 Å². The minimum absolute atomic E-state index is 0. The molecule has 33 heavy (non-hydrogen) atoms. The summed E-state index contributed by atoms with van der Waals surface area (Å²) in [6.07, 6.45) is 5.21. The van der Waals surface area contributed by atoms with Gasteiger partial charge in [0, 0.05) is 0 Å². The number of aromatic nitrogens is 9. The summed E-state index contributed by atoms with van der Waals surface area (Å²) in [4.78, 5) is 12.0. The Bertz CT molecular complexity index is 1130. The molecule has 0 spiro atoms. The van der Waals surface area contributed by atoms with Crippen LogP contribution in [-0.2, 0) is 17.1 Å². The molecule has 0 atom stereocenters. The van der Waals surface area contributed by atoms with E-state index in [0.717, 1.165) is 33.5 Å². The minimum atomic E-state index is -4.94. The van der Waals surface area contributed by atoms with E-state index in [0.29, 0.717) is 0 Å². The number of hydrogen-bond donors (Lipinski definition) is 0. The molecule has 18 heteroatoms. The first-order chi connectivity index (χ1) is 15.4. The van der Waals surface area contributed by atoms with Gasteiger partial charge in [-0.25, -0.2) is 18.6 Å². The number of fused-ring (bicyclic) bond motifs is 3. The van der Waals surface area contributed by atoms with Crippen LogP contribution in [0.3, 0.4) is 0 Å². The molecule has 13 nitrogen and oxygen atoms in total. The third-order valence-electron chi connectivity index (χ3n) is 3.10. The molecule has 0 aliphatic heterocycles. The third-order valence-corrected chi connectivity index (χ3v) is 6.45. The van der Waals surface area contributed by atoms with E-state index in [1.807, 2.05) is 36.4 Å². The number of nitrogens with zero attached hydrogens (tertiary/aromatic N) is 9. The van der Waals surface area contributed by atoms with Gasteiger partial charge in [0.05, 0.1) is 0 Å². The summed E-state index contributed by atoms with van der Waals surface area (Å²) in [5.41, 5.74) is 5.24. The first-order valence-electron chi connectivity index (χ1n) is 8.12. The monoisotopic (exact) mass is 717 g/mol. The number of hydrogen-bond acceptors (Lipinski definition) is 13. The Kier molecular flexibility index (Phi) is 11.7. The van der Waals surface area contributed by atoms with E-state index in [4.69, 9.17) is 18.6 Å². The van der Waals surface area contributed by atoms with Crippen molar-refractivity contribution in [2.75, 3.05) is 0 Å². The fraction of sp³-hybridized carbons (Fsp3) is 0. The molecule has 0 unspecified atom stereocenters. The van der Waals surface area contributed by atoms with Gasteiger partial charge >= 0.3 is 189 Å². The molecular weight excluding hydrogens is 706 g/mol. The predicted molar refractivity (Wildman–Crippen MR) is 103 cm³/mol. The Balaban J connectivity index is 0.000000158. The van der Waals surface area contributed by atoms with E-state index in [1.165, 1.54) is 0 Å². The van der Waals surface area contributed by atoms with Crippen LogP contribution in [0.25, 0.3) is 33.5 Å². The third kappa shape index (κ3) is 10.1. The Hall–Kier alpha value is -1.54. The summed E-state index contributed by atoms with van der Waals surface area (Å²) in [5.74, 6) is 0. The van der Waals surface area contributed by atoms with Crippen LogP contribution in [0.2, 0.25) is 0 Å². The van der Waals surface area contributed by atoms with Gasteiger partial charge in [-0.15, -0.1) is 10.2 Å². The van der Waals surface area contributed by atoms with Gasteiger partial charge in [0.25, 0.3) is 0 Å². The second-order valence-electron chi connectivity index (χ2n) is 5.21. The summed E-state index contributed by atoms with van der Waals surface area (Å²) < 4.78 is 58.6. The van der Waals surface area contributed by atoms with Crippen molar-refractivity contribution >= 4 is 78.4 Å². The van der Waals surface area contributed by atoms with E-state index in [-0.39, 0.29) is 62.0 Å². The Morgan fingerprint density at radius 3 is 1.03 bits per heavy atom. The molecule has 0 radical (unpaired) electrons. The molecule has 0 aliphatic carbocycles. The van der Waals surface area contributed by atoms with Crippen LogP contribution in [0.1, 0.15) is 0 Å². The summed E-state index contributed by atoms with van der Waals surface area (Å²) in [7, 11) is -4.94. The van der Waals surface area contributed by atoms with E-state index < -0.39 is 10.2 Å². The Morgan fingerprint density at radius 1 is 0.515 bits per heavy atom. The van der Waals surface area contributed by atoms with Gasteiger partial charge in [0.2, 0.25) is 0 Å². The average molecular weight is 715 g/mol. The Labute approximate surface area is 216 Å². The normalized spacial score (nSPS) is 10.2. The van der Waals surface area contributed by atoms with Crippen LogP contribution < -0.4 is 18.6 Å². The molecule has 6 aromatic rings. The van der Waals surface area contributed by atoms with Gasteiger partial charge in [-0.1, -0.05) is 0 Å². The van der Waals surface area contributed by atoms with Crippen LogP contribution in [0, 0.1) is 10.2 Å². The quantitative estimate of drug-likeness (QED) is 0.136. The van der Waals surface area contributed by atoms with Crippen LogP contribution in [0.4, 0.5) is 0 Å². The van der Waals surface area contributed by atoms with Crippen molar-refractivity contribution in [2.45, 2.75) is 0 Å². The first kappa shape index (κ1) is 27.7. The maximum absolute atomic E-state index is 8.49. The fourth-order valence-corrected chi connectivity index (χ4v) is 4.98.